The summed E-state index contributed by atoms with van der Waals surface area (Å²) in [5.41, 5.74) is 0.346. The third kappa shape index (κ3) is 7.53. The molecule has 0 aliphatic carbocycles. The average Bonchev–Trinajstić information content (AvgIpc) is 2.51. The largest absolute Gasteiger partial charge is 0.462 e. The van der Waals surface area contributed by atoms with Crippen LogP contribution in [0.3, 0.4) is 0 Å². The van der Waals surface area contributed by atoms with Crippen LogP contribution in [0.15, 0.2) is 30.3 Å². The summed E-state index contributed by atoms with van der Waals surface area (Å²) in [5, 5.41) is 0. The fraction of sp³-hybridized carbons (Fsp3) is 0.611. The van der Waals surface area contributed by atoms with E-state index in [1.807, 2.05) is 6.92 Å². The van der Waals surface area contributed by atoms with Crippen LogP contribution in [0.5, 0.6) is 0 Å². The quantitative estimate of drug-likeness (QED) is 0.433. The molecule has 0 fully saturated rings. The summed E-state index contributed by atoms with van der Waals surface area (Å²) < 4.78 is 43.8. The smallest absolute Gasteiger partial charge is 0.390 e. The first-order valence-corrected chi connectivity index (χ1v) is 8.19. The van der Waals surface area contributed by atoms with Gasteiger partial charge < -0.3 is 4.74 Å². The number of rotatable bonds is 9. The van der Waals surface area contributed by atoms with E-state index in [2.05, 4.69) is 6.92 Å². The highest BCUT2D eigenvalue weighted by Gasteiger charge is 2.37. The van der Waals surface area contributed by atoms with Crippen LogP contribution in [-0.2, 0) is 9.53 Å². The number of benzene rings is 1. The maximum absolute atomic E-state index is 12.8. The summed E-state index contributed by atoms with van der Waals surface area (Å²) in [7, 11) is 0. The Morgan fingerprint density at radius 1 is 1.13 bits per heavy atom. The highest BCUT2D eigenvalue weighted by molar-refractivity contribution is 5.78. The van der Waals surface area contributed by atoms with Gasteiger partial charge in [-0.1, -0.05) is 57.0 Å². The molecule has 5 heteroatoms. The first kappa shape index (κ1) is 19.5. The SMILES string of the molecule is CCCCCC(CC)OC(=O)C(CC(F)(F)F)c1ccccc1. The predicted octanol–water partition coefficient (Wildman–Crippen LogP) is 5.62. The van der Waals surface area contributed by atoms with E-state index >= 15 is 0 Å². The molecule has 0 heterocycles. The second-order valence-corrected chi connectivity index (χ2v) is 5.75. The van der Waals surface area contributed by atoms with Crippen molar-refractivity contribution >= 4 is 5.97 Å². The van der Waals surface area contributed by atoms with Gasteiger partial charge in [0.25, 0.3) is 0 Å². The Balaban J connectivity index is 2.78. The zero-order valence-corrected chi connectivity index (χ0v) is 13.7. The number of halogens is 3. The molecule has 2 nitrogen and oxygen atoms in total. The van der Waals surface area contributed by atoms with E-state index in [-0.39, 0.29) is 6.10 Å². The van der Waals surface area contributed by atoms with Crippen molar-refractivity contribution in [2.75, 3.05) is 0 Å². The minimum absolute atomic E-state index is 0.312. The summed E-state index contributed by atoms with van der Waals surface area (Å²) in [5.74, 6) is -2.08. The normalized spacial score (nSPS) is 14.3. The van der Waals surface area contributed by atoms with Gasteiger partial charge >= 0.3 is 12.1 Å². The molecule has 0 aliphatic heterocycles. The van der Waals surface area contributed by atoms with Gasteiger partial charge in [0.1, 0.15) is 6.10 Å². The number of hydrogen-bond donors (Lipinski definition) is 0. The van der Waals surface area contributed by atoms with Crippen molar-refractivity contribution in [3.8, 4) is 0 Å². The van der Waals surface area contributed by atoms with Gasteiger partial charge in [0, 0.05) is 0 Å². The summed E-state index contributed by atoms with van der Waals surface area (Å²) >= 11 is 0. The zero-order valence-electron chi connectivity index (χ0n) is 13.7. The molecule has 1 rings (SSSR count). The molecule has 2 atom stereocenters. The molecular formula is C18H25F3O2. The van der Waals surface area contributed by atoms with Gasteiger partial charge in [0.15, 0.2) is 0 Å². The standard InChI is InChI=1S/C18H25F3O2/c1-3-5-7-12-15(4-2)23-17(22)16(13-18(19,20)21)14-10-8-6-9-11-14/h6,8-11,15-16H,3-5,7,12-13H2,1-2H3. The van der Waals surface area contributed by atoms with Crippen LogP contribution in [0.25, 0.3) is 0 Å². The fourth-order valence-electron chi connectivity index (χ4n) is 2.47. The van der Waals surface area contributed by atoms with Crippen LogP contribution >= 0.6 is 0 Å². The maximum atomic E-state index is 12.8. The number of hydrogen-bond acceptors (Lipinski definition) is 2. The third-order valence-electron chi connectivity index (χ3n) is 3.79. The fourth-order valence-corrected chi connectivity index (χ4v) is 2.47. The molecule has 0 saturated carbocycles. The molecule has 23 heavy (non-hydrogen) atoms. The summed E-state index contributed by atoms with van der Waals surface area (Å²) in [4.78, 5) is 12.3. The van der Waals surface area contributed by atoms with E-state index in [0.717, 1.165) is 19.3 Å². The number of carbonyl (C=O) groups is 1. The van der Waals surface area contributed by atoms with E-state index < -0.39 is 24.5 Å². The van der Waals surface area contributed by atoms with Crippen LogP contribution in [0, 0.1) is 0 Å². The van der Waals surface area contributed by atoms with Gasteiger partial charge in [-0.25, -0.2) is 0 Å². The van der Waals surface area contributed by atoms with Crippen LogP contribution in [-0.4, -0.2) is 18.2 Å². The van der Waals surface area contributed by atoms with Crippen molar-refractivity contribution < 1.29 is 22.7 Å². The van der Waals surface area contributed by atoms with Gasteiger partial charge in [0.2, 0.25) is 0 Å². The Kier molecular flexibility index (Phi) is 8.13. The van der Waals surface area contributed by atoms with Gasteiger partial charge in [-0.2, -0.15) is 13.2 Å². The van der Waals surface area contributed by atoms with Crippen LogP contribution in [0.4, 0.5) is 13.2 Å². The molecule has 2 unspecified atom stereocenters. The van der Waals surface area contributed by atoms with E-state index in [0.29, 0.717) is 18.4 Å². The van der Waals surface area contributed by atoms with E-state index in [9.17, 15) is 18.0 Å². The van der Waals surface area contributed by atoms with Gasteiger partial charge in [0.05, 0.1) is 12.3 Å². The average molecular weight is 330 g/mol. The lowest BCUT2D eigenvalue weighted by molar-refractivity contribution is -0.165. The van der Waals surface area contributed by atoms with Crippen LogP contribution < -0.4 is 0 Å². The Morgan fingerprint density at radius 2 is 1.78 bits per heavy atom. The summed E-state index contributed by atoms with van der Waals surface area (Å²) in [6, 6.07) is 8.04. The number of esters is 1. The molecule has 1 aromatic carbocycles. The molecule has 0 bridgehead atoms. The van der Waals surface area contributed by atoms with Crippen LogP contribution in [0.1, 0.15) is 63.9 Å². The highest BCUT2D eigenvalue weighted by atomic mass is 19.4. The summed E-state index contributed by atoms with van der Waals surface area (Å²) in [6.07, 6.45) is -1.62. The van der Waals surface area contributed by atoms with Crippen molar-refractivity contribution in [3.05, 3.63) is 35.9 Å². The Hall–Kier alpha value is -1.52. The topological polar surface area (TPSA) is 26.3 Å². The van der Waals surface area contributed by atoms with Crippen molar-refractivity contribution in [2.24, 2.45) is 0 Å². The number of carbonyl (C=O) groups excluding carboxylic acids is 1. The minimum Gasteiger partial charge on any atom is -0.462 e. The van der Waals surface area contributed by atoms with E-state index in [4.69, 9.17) is 4.74 Å². The maximum Gasteiger partial charge on any atom is 0.390 e. The molecule has 0 aliphatic rings. The van der Waals surface area contributed by atoms with Crippen molar-refractivity contribution in [3.63, 3.8) is 0 Å². The Labute approximate surface area is 136 Å². The number of unbranched alkanes of at least 4 members (excludes halogenated alkanes) is 2. The first-order valence-electron chi connectivity index (χ1n) is 8.19. The van der Waals surface area contributed by atoms with Crippen molar-refractivity contribution in [1.82, 2.24) is 0 Å². The zero-order chi connectivity index (χ0) is 17.3. The molecule has 0 radical (unpaired) electrons. The molecule has 0 spiro atoms. The predicted molar refractivity (Wildman–Crippen MR) is 84.2 cm³/mol. The van der Waals surface area contributed by atoms with E-state index in [1.165, 1.54) is 12.1 Å². The third-order valence-corrected chi connectivity index (χ3v) is 3.79. The molecule has 0 N–H and O–H groups in total. The molecular weight excluding hydrogens is 305 g/mol. The number of alkyl halides is 3. The molecule has 0 saturated heterocycles. The lowest BCUT2D eigenvalue weighted by Gasteiger charge is -2.22. The molecule has 0 aromatic heterocycles. The second kappa shape index (κ2) is 9.58. The molecule has 0 amide bonds. The first-order chi connectivity index (χ1) is 10.9. The lowest BCUT2D eigenvalue weighted by Crippen LogP contribution is -2.26. The second-order valence-electron chi connectivity index (χ2n) is 5.75. The van der Waals surface area contributed by atoms with Gasteiger partial charge in [-0.15, -0.1) is 0 Å². The molecule has 1 aromatic rings. The Morgan fingerprint density at radius 3 is 2.30 bits per heavy atom. The van der Waals surface area contributed by atoms with Gasteiger partial charge in [-0.05, 0) is 24.8 Å². The monoisotopic (exact) mass is 330 g/mol. The number of ether oxygens (including phenoxy) is 1. The lowest BCUT2D eigenvalue weighted by atomic mass is 9.95. The highest BCUT2D eigenvalue weighted by Crippen LogP contribution is 2.32. The Bertz CT molecular complexity index is 457. The summed E-state index contributed by atoms with van der Waals surface area (Å²) in [6.45, 7) is 3.95. The minimum atomic E-state index is -4.41. The van der Waals surface area contributed by atoms with Crippen molar-refractivity contribution in [2.45, 2.75) is 70.6 Å². The van der Waals surface area contributed by atoms with Gasteiger partial charge in [-0.3, -0.25) is 4.79 Å². The van der Waals surface area contributed by atoms with E-state index in [1.54, 1.807) is 18.2 Å². The van der Waals surface area contributed by atoms with Crippen molar-refractivity contribution in [1.29, 1.82) is 0 Å². The van der Waals surface area contributed by atoms with Crippen LogP contribution in [0.2, 0.25) is 0 Å². The molecule has 130 valence electrons.